The zero-order chi connectivity index (χ0) is 10.1. The number of benzene rings is 1. The van der Waals surface area contributed by atoms with E-state index in [4.69, 9.17) is 5.11 Å². The van der Waals surface area contributed by atoms with E-state index in [0.717, 1.165) is 5.56 Å². The number of hydrogen-bond donors (Lipinski definition) is 2. The van der Waals surface area contributed by atoms with Crippen molar-refractivity contribution < 1.29 is 9.90 Å². The van der Waals surface area contributed by atoms with Crippen LogP contribution in [0.4, 0.5) is 0 Å². The van der Waals surface area contributed by atoms with Gasteiger partial charge in [-0.15, -0.1) is 0 Å². The second-order valence-electron chi connectivity index (χ2n) is 2.56. The first-order chi connectivity index (χ1) is 6.20. The third-order valence-corrected chi connectivity index (χ3v) is 1.20. The molecule has 0 amide bonds. The van der Waals surface area contributed by atoms with E-state index in [9.17, 15) is 4.79 Å². The molecule has 2 N–H and O–H groups in total. The number of rotatable bonds is 2. The van der Waals surface area contributed by atoms with Gasteiger partial charge in [0.15, 0.2) is 0 Å². The van der Waals surface area contributed by atoms with Gasteiger partial charge in [0, 0.05) is 0 Å². The highest BCUT2D eigenvalue weighted by Gasteiger charge is 1.96. The molecule has 0 bridgehead atoms. The van der Waals surface area contributed by atoms with Gasteiger partial charge in [0.2, 0.25) is 0 Å². The molecule has 1 aromatic rings. The van der Waals surface area contributed by atoms with Gasteiger partial charge in [0.05, 0.1) is 6.42 Å². The minimum atomic E-state index is -0.786. The van der Waals surface area contributed by atoms with Crippen molar-refractivity contribution in [1.82, 2.24) is 5.32 Å². The van der Waals surface area contributed by atoms with E-state index in [1.54, 1.807) is 12.1 Å². The summed E-state index contributed by atoms with van der Waals surface area (Å²) in [5, 5.41) is 11.1. The molecule has 13 heavy (non-hydrogen) atoms. The second kappa shape index (κ2) is 7.31. The van der Waals surface area contributed by atoms with Crippen LogP contribution in [-0.4, -0.2) is 25.2 Å². The SMILES string of the molecule is CNC.O=C(O)Cc1ccccc1. The van der Waals surface area contributed by atoms with Gasteiger partial charge >= 0.3 is 5.97 Å². The van der Waals surface area contributed by atoms with Crippen molar-refractivity contribution in [1.29, 1.82) is 0 Å². The van der Waals surface area contributed by atoms with Gasteiger partial charge < -0.3 is 10.4 Å². The van der Waals surface area contributed by atoms with E-state index in [0.29, 0.717) is 0 Å². The van der Waals surface area contributed by atoms with Crippen molar-refractivity contribution in [3.63, 3.8) is 0 Å². The van der Waals surface area contributed by atoms with E-state index in [-0.39, 0.29) is 6.42 Å². The van der Waals surface area contributed by atoms with Crippen LogP contribution in [0, 0.1) is 0 Å². The molecule has 0 aromatic heterocycles. The standard InChI is InChI=1S/C8H8O2.C2H7N/c9-8(10)6-7-4-2-1-3-5-7;1-3-2/h1-5H,6H2,(H,9,10);3H,1-2H3. The lowest BCUT2D eigenvalue weighted by Crippen LogP contribution is -1.98. The Kier molecular flexibility index (Phi) is 6.55. The molecule has 0 fully saturated rings. The summed E-state index contributed by atoms with van der Waals surface area (Å²) in [6.45, 7) is 0. The quantitative estimate of drug-likeness (QED) is 0.719. The number of carboxylic acid groups (broad SMARTS) is 1. The number of hydrogen-bond acceptors (Lipinski definition) is 2. The molecule has 0 heterocycles. The van der Waals surface area contributed by atoms with Crippen LogP contribution in [-0.2, 0) is 11.2 Å². The maximum absolute atomic E-state index is 10.2. The molecule has 1 aromatic carbocycles. The molecular formula is C10H15NO2. The Labute approximate surface area is 78.4 Å². The fourth-order valence-corrected chi connectivity index (χ4v) is 0.770. The summed E-state index contributed by atoms with van der Waals surface area (Å²) in [6.07, 6.45) is 0.112. The van der Waals surface area contributed by atoms with Gasteiger partial charge in [-0.1, -0.05) is 30.3 Å². The summed E-state index contributed by atoms with van der Waals surface area (Å²) >= 11 is 0. The van der Waals surface area contributed by atoms with Gasteiger partial charge in [-0.05, 0) is 19.7 Å². The molecule has 0 saturated carbocycles. The Hall–Kier alpha value is -1.35. The first-order valence-electron chi connectivity index (χ1n) is 4.05. The summed E-state index contributed by atoms with van der Waals surface area (Å²) < 4.78 is 0. The van der Waals surface area contributed by atoms with Crippen molar-refractivity contribution in [2.24, 2.45) is 0 Å². The first kappa shape index (κ1) is 11.6. The molecule has 3 nitrogen and oxygen atoms in total. The number of nitrogens with one attached hydrogen (secondary N) is 1. The Morgan fingerprint density at radius 2 is 1.77 bits per heavy atom. The van der Waals surface area contributed by atoms with Crippen LogP contribution in [0.2, 0.25) is 0 Å². The number of carboxylic acids is 1. The minimum Gasteiger partial charge on any atom is -0.481 e. The van der Waals surface area contributed by atoms with Crippen LogP contribution < -0.4 is 5.32 Å². The summed E-state index contributed by atoms with van der Waals surface area (Å²) in [5.74, 6) is -0.786. The molecule has 0 atom stereocenters. The van der Waals surface area contributed by atoms with E-state index in [1.807, 2.05) is 32.3 Å². The molecule has 72 valence electrons. The van der Waals surface area contributed by atoms with Crippen molar-refractivity contribution in [2.45, 2.75) is 6.42 Å². The maximum Gasteiger partial charge on any atom is 0.307 e. The molecule has 0 aliphatic heterocycles. The number of carbonyl (C=O) groups is 1. The predicted octanol–water partition coefficient (Wildman–Crippen LogP) is 1.15. The van der Waals surface area contributed by atoms with Gasteiger partial charge in [-0.2, -0.15) is 0 Å². The molecule has 0 aliphatic carbocycles. The normalized spacial score (nSPS) is 8.46. The summed E-state index contributed by atoms with van der Waals surface area (Å²) in [5.41, 5.74) is 0.843. The van der Waals surface area contributed by atoms with Crippen LogP contribution >= 0.6 is 0 Å². The van der Waals surface area contributed by atoms with Crippen LogP contribution in [0.25, 0.3) is 0 Å². The molecule has 0 radical (unpaired) electrons. The maximum atomic E-state index is 10.2. The van der Waals surface area contributed by atoms with Crippen molar-refractivity contribution in [3.8, 4) is 0 Å². The summed E-state index contributed by atoms with van der Waals surface area (Å²) in [4.78, 5) is 10.2. The van der Waals surface area contributed by atoms with E-state index in [2.05, 4.69) is 5.32 Å². The average Bonchev–Trinajstić information content (AvgIpc) is 2.06. The fourth-order valence-electron chi connectivity index (χ4n) is 0.770. The van der Waals surface area contributed by atoms with E-state index < -0.39 is 5.97 Å². The van der Waals surface area contributed by atoms with Gasteiger partial charge in [0.1, 0.15) is 0 Å². The smallest absolute Gasteiger partial charge is 0.307 e. The van der Waals surface area contributed by atoms with Crippen molar-refractivity contribution >= 4 is 5.97 Å². The molecule has 3 heteroatoms. The molecule has 0 aliphatic rings. The van der Waals surface area contributed by atoms with Crippen LogP contribution in [0.5, 0.6) is 0 Å². The average molecular weight is 181 g/mol. The highest BCUT2D eigenvalue weighted by molar-refractivity contribution is 5.70. The second-order valence-corrected chi connectivity index (χ2v) is 2.56. The Balaban J connectivity index is 0.000000424. The first-order valence-corrected chi connectivity index (χ1v) is 4.05. The lowest BCUT2D eigenvalue weighted by Gasteiger charge is -1.92. The van der Waals surface area contributed by atoms with Gasteiger partial charge in [-0.3, -0.25) is 4.79 Å². The third kappa shape index (κ3) is 7.03. The monoisotopic (exact) mass is 181 g/mol. The highest BCUT2D eigenvalue weighted by atomic mass is 16.4. The van der Waals surface area contributed by atoms with Crippen LogP contribution in [0.1, 0.15) is 5.56 Å². The van der Waals surface area contributed by atoms with Crippen LogP contribution in [0.3, 0.4) is 0 Å². The van der Waals surface area contributed by atoms with Crippen molar-refractivity contribution in [2.75, 3.05) is 14.1 Å². The van der Waals surface area contributed by atoms with Gasteiger partial charge in [0.25, 0.3) is 0 Å². The lowest BCUT2D eigenvalue weighted by atomic mass is 10.2. The molecular weight excluding hydrogens is 166 g/mol. The van der Waals surface area contributed by atoms with E-state index >= 15 is 0 Å². The Bertz CT molecular complexity index is 234. The molecule has 0 saturated heterocycles. The predicted molar refractivity (Wildman–Crippen MR) is 52.8 cm³/mol. The van der Waals surface area contributed by atoms with Crippen molar-refractivity contribution in [3.05, 3.63) is 35.9 Å². The zero-order valence-corrected chi connectivity index (χ0v) is 7.95. The number of aliphatic carboxylic acids is 1. The highest BCUT2D eigenvalue weighted by Crippen LogP contribution is 1.98. The largest absolute Gasteiger partial charge is 0.481 e. The zero-order valence-electron chi connectivity index (χ0n) is 7.95. The topological polar surface area (TPSA) is 49.3 Å². The molecule has 1 rings (SSSR count). The summed E-state index contributed by atoms with van der Waals surface area (Å²) in [6, 6.07) is 9.13. The summed E-state index contributed by atoms with van der Waals surface area (Å²) in [7, 11) is 3.75. The third-order valence-electron chi connectivity index (χ3n) is 1.20. The Morgan fingerprint density at radius 1 is 1.31 bits per heavy atom. The lowest BCUT2D eigenvalue weighted by molar-refractivity contribution is -0.136. The fraction of sp³-hybridized carbons (Fsp3) is 0.300. The molecule has 0 spiro atoms. The molecule has 0 unspecified atom stereocenters. The van der Waals surface area contributed by atoms with Gasteiger partial charge in [-0.25, -0.2) is 0 Å². The Morgan fingerprint density at radius 3 is 2.15 bits per heavy atom. The van der Waals surface area contributed by atoms with E-state index in [1.165, 1.54) is 0 Å². The van der Waals surface area contributed by atoms with Crippen LogP contribution in [0.15, 0.2) is 30.3 Å². The minimum absolute atomic E-state index is 0.112.